The van der Waals surface area contributed by atoms with Gasteiger partial charge in [0.1, 0.15) is 0 Å². The maximum absolute atomic E-state index is 12.1. The lowest BCUT2D eigenvalue weighted by atomic mass is 10.2. The Morgan fingerprint density at radius 3 is 2.74 bits per heavy atom. The number of hydrogen-bond acceptors (Lipinski definition) is 5. The van der Waals surface area contributed by atoms with Gasteiger partial charge in [0, 0.05) is 4.47 Å². The molecule has 0 aliphatic carbocycles. The van der Waals surface area contributed by atoms with Crippen LogP contribution in [-0.2, 0) is 10.0 Å². The highest BCUT2D eigenvalue weighted by Gasteiger charge is 2.18. The van der Waals surface area contributed by atoms with Crippen molar-refractivity contribution in [3.8, 4) is 6.07 Å². The average Bonchev–Trinajstić information content (AvgIpc) is 2.79. The van der Waals surface area contributed by atoms with Crippen LogP contribution in [0.25, 0.3) is 0 Å². The van der Waals surface area contributed by atoms with E-state index in [2.05, 4.69) is 25.6 Å². The molecule has 98 valence electrons. The van der Waals surface area contributed by atoms with Gasteiger partial charge in [0.15, 0.2) is 4.21 Å². The molecule has 0 unspecified atom stereocenters. The molecule has 0 fully saturated rings. The van der Waals surface area contributed by atoms with Crippen LogP contribution in [0.15, 0.2) is 33.1 Å². The Morgan fingerprint density at radius 2 is 2.21 bits per heavy atom. The van der Waals surface area contributed by atoms with Crippen molar-refractivity contribution in [3.63, 3.8) is 0 Å². The summed E-state index contributed by atoms with van der Waals surface area (Å²) in [5.74, 6) is 0. The van der Waals surface area contributed by atoms with Gasteiger partial charge in [0.2, 0.25) is 0 Å². The third kappa shape index (κ3) is 3.12. The number of halogens is 1. The molecule has 0 radical (unpaired) electrons. The molecule has 0 aliphatic rings. The van der Waals surface area contributed by atoms with Gasteiger partial charge in [-0.15, -0.1) is 11.3 Å². The number of benzene rings is 1. The van der Waals surface area contributed by atoms with E-state index in [1.165, 1.54) is 12.3 Å². The van der Waals surface area contributed by atoms with Crippen molar-refractivity contribution < 1.29 is 8.42 Å². The summed E-state index contributed by atoms with van der Waals surface area (Å²) in [4.78, 5) is 3.92. The lowest BCUT2D eigenvalue weighted by Crippen LogP contribution is -2.11. The fraction of sp³-hybridized carbons (Fsp3) is 0.0909. The van der Waals surface area contributed by atoms with Gasteiger partial charge in [-0.2, -0.15) is 5.26 Å². The van der Waals surface area contributed by atoms with Crippen LogP contribution in [0, 0.1) is 18.3 Å². The van der Waals surface area contributed by atoms with Crippen molar-refractivity contribution in [1.29, 1.82) is 5.26 Å². The summed E-state index contributed by atoms with van der Waals surface area (Å²) in [6.45, 7) is 1.74. The molecule has 1 heterocycles. The number of anilines is 1. The fourth-order valence-electron chi connectivity index (χ4n) is 1.33. The number of nitrogens with zero attached hydrogens (tertiary/aromatic N) is 2. The Kier molecular flexibility index (Phi) is 3.89. The molecule has 5 nitrogen and oxygen atoms in total. The van der Waals surface area contributed by atoms with Gasteiger partial charge in [0.25, 0.3) is 10.0 Å². The Morgan fingerprint density at radius 1 is 1.47 bits per heavy atom. The molecule has 0 saturated heterocycles. The molecule has 1 N–H and O–H groups in total. The summed E-state index contributed by atoms with van der Waals surface area (Å²) in [5, 5.41) is 9.43. The largest absolute Gasteiger partial charge is 0.278 e. The minimum atomic E-state index is -3.64. The topological polar surface area (TPSA) is 82.8 Å². The van der Waals surface area contributed by atoms with E-state index >= 15 is 0 Å². The zero-order valence-corrected chi connectivity index (χ0v) is 12.9. The Balaban J connectivity index is 2.34. The van der Waals surface area contributed by atoms with E-state index in [1.54, 1.807) is 19.1 Å². The van der Waals surface area contributed by atoms with Gasteiger partial charge in [0.05, 0.1) is 28.5 Å². The third-order valence-electron chi connectivity index (χ3n) is 2.21. The summed E-state index contributed by atoms with van der Waals surface area (Å²) in [6, 6.07) is 6.61. The van der Waals surface area contributed by atoms with E-state index in [4.69, 9.17) is 5.26 Å². The number of aryl methyl sites for hydroxylation is 1. The van der Waals surface area contributed by atoms with Gasteiger partial charge in [-0.1, -0.05) is 0 Å². The molecule has 8 heteroatoms. The van der Waals surface area contributed by atoms with Gasteiger partial charge in [-0.3, -0.25) is 4.72 Å². The standard InChI is InChI=1S/C11H8BrN3O2S2/c1-7-14-6-11(18-7)19(16,17)15-10-3-2-8(5-13)4-9(10)12/h2-4,6,15H,1H3. The smallest absolute Gasteiger partial charge is 0.273 e. The molecule has 1 aromatic carbocycles. The van der Waals surface area contributed by atoms with Crippen LogP contribution in [0.1, 0.15) is 10.6 Å². The third-order valence-corrected chi connectivity index (χ3v) is 5.60. The van der Waals surface area contributed by atoms with Crippen molar-refractivity contribution in [2.45, 2.75) is 11.1 Å². The van der Waals surface area contributed by atoms with Crippen molar-refractivity contribution >= 4 is 43.0 Å². The molecular formula is C11H8BrN3O2S2. The Hall–Kier alpha value is -1.43. The molecule has 2 aromatic rings. The minimum absolute atomic E-state index is 0.154. The molecule has 0 aliphatic heterocycles. The van der Waals surface area contributed by atoms with E-state index < -0.39 is 10.0 Å². The fourth-order valence-corrected chi connectivity index (χ4v) is 4.12. The molecule has 2 rings (SSSR count). The summed E-state index contributed by atoms with van der Waals surface area (Å²) in [6.07, 6.45) is 1.32. The highest BCUT2D eigenvalue weighted by Crippen LogP contribution is 2.27. The first-order valence-corrected chi connectivity index (χ1v) is 8.16. The Labute approximate surface area is 123 Å². The number of aromatic nitrogens is 1. The van der Waals surface area contributed by atoms with Gasteiger partial charge < -0.3 is 0 Å². The van der Waals surface area contributed by atoms with E-state index in [9.17, 15) is 8.42 Å². The number of thiazole rings is 1. The van der Waals surface area contributed by atoms with Crippen LogP contribution < -0.4 is 4.72 Å². The van der Waals surface area contributed by atoms with Gasteiger partial charge in [-0.05, 0) is 41.1 Å². The molecule has 0 spiro atoms. The van der Waals surface area contributed by atoms with Crippen LogP contribution in [0.2, 0.25) is 0 Å². The monoisotopic (exact) mass is 357 g/mol. The van der Waals surface area contributed by atoms with Crippen molar-refractivity contribution in [2.24, 2.45) is 0 Å². The number of sulfonamides is 1. The van der Waals surface area contributed by atoms with E-state index in [-0.39, 0.29) is 4.21 Å². The first-order valence-electron chi connectivity index (χ1n) is 5.07. The Bertz CT molecular complexity index is 762. The van der Waals surface area contributed by atoms with E-state index in [0.29, 0.717) is 20.7 Å². The summed E-state index contributed by atoms with van der Waals surface area (Å²) >= 11 is 4.33. The predicted octanol–water partition coefficient (Wildman–Crippen LogP) is 2.89. The molecule has 19 heavy (non-hydrogen) atoms. The second-order valence-corrected chi connectivity index (χ2v) is 7.61. The first kappa shape index (κ1) is 14.0. The van der Waals surface area contributed by atoms with Crippen molar-refractivity contribution in [1.82, 2.24) is 4.98 Å². The summed E-state index contributed by atoms with van der Waals surface area (Å²) in [5.41, 5.74) is 0.827. The molecule has 1 aromatic heterocycles. The van der Waals surface area contributed by atoms with Gasteiger partial charge in [-0.25, -0.2) is 13.4 Å². The van der Waals surface area contributed by atoms with Crippen LogP contribution in [0.3, 0.4) is 0 Å². The van der Waals surface area contributed by atoms with E-state index in [1.807, 2.05) is 6.07 Å². The summed E-state index contributed by atoms with van der Waals surface area (Å²) < 4.78 is 27.3. The zero-order chi connectivity index (χ0) is 14.0. The molecular weight excluding hydrogens is 350 g/mol. The minimum Gasteiger partial charge on any atom is -0.278 e. The van der Waals surface area contributed by atoms with E-state index in [0.717, 1.165) is 11.3 Å². The highest BCUT2D eigenvalue weighted by atomic mass is 79.9. The maximum atomic E-state index is 12.1. The van der Waals surface area contributed by atoms with Crippen LogP contribution >= 0.6 is 27.3 Å². The quantitative estimate of drug-likeness (QED) is 0.915. The molecule has 0 amide bonds. The first-order chi connectivity index (χ1) is 8.92. The second-order valence-electron chi connectivity index (χ2n) is 3.61. The van der Waals surface area contributed by atoms with Crippen molar-refractivity contribution in [3.05, 3.63) is 39.4 Å². The number of nitrogens with one attached hydrogen (secondary N) is 1. The molecule has 0 bridgehead atoms. The average molecular weight is 358 g/mol. The summed E-state index contributed by atoms with van der Waals surface area (Å²) in [7, 11) is -3.64. The highest BCUT2D eigenvalue weighted by molar-refractivity contribution is 9.10. The predicted molar refractivity (Wildman–Crippen MR) is 76.5 cm³/mol. The second kappa shape index (κ2) is 5.28. The van der Waals surface area contributed by atoms with Gasteiger partial charge >= 0.3 is 0 Å². The molecule has 0 saturated carbocycles. The van der Waals surface area contributed by atoms with Crippen molar-refractivity contribution in [2.75, 3.05) is 4.72 Å². The van der Waals surface area contributed by atoms with Crippen LogP contribution in [0.4, 0.5) is 5.69 Å². The normalized spacial score (nSPS) is 11.0. The molecule has 0 atom stereocenters. The zero-order valence-electron chi connectivity index (χ0n) is 9.71. The maximum Gasteiger partial charge on any atom is 0.273 e. The van der Waals surface area contributed by atoms with Crippen LogP contribution in [-0.4, -0.2) is 13.4 Å². The number of hydrogen-bond donors (Lipinski definition) is 1. The SMILES string of the molecule is Cc1ncc(S(=O)(=O)Nc2ccc(C#N)cc2Br)s1. The number of nitriles is 1. The van der Waals surface area contributed by atoms with Crippen LogP contribution in [0.5, 0.6) is 0 Å². The lowest BCUT2D eigenvalue weighted by molar-refractivity contribution is 0.603. The lowest BCUT2D eigenvalue weighted by Gasteiger charge is -2.07. The number of rotatable bonds is 3.